The molecule has 1 unspecified atom stereocenters. The number of rotatable bonds is 6. The second-order valence-electron chi connectivity index (χ2n) is 5.15. The summed E-state index contributed by atoms with van der Waals surface area (Å²) < 4.78 is 0. The molecule has 1 N–H and O–H groups in total. The van der Waals surface area contributed by atoms with E-state index in [1.54, 1.807) is 6.07 Å². The monoisotopic (exact) mass is 320 g/mol. The molecule has 1 atom stereocenters. The molecule has 2 nitrogen and oxygen atoms in total. The van der Waals surface area contributed by atoms with Crippen LogP contribution in [0.2, 0.25) is 15.1 Å². The SMILES string of the molecule is CC(NCCN(C)C1CC1)c1ccc(Cl)c(Cl)c1Cl. The van der Waals surface area contributed by atoms with Crippen LogP contribution < -0.4 is 5.32 Å². The molecule has 5 heteroatoms. The van der Waals surface area contributed by atoms with E-state index in [0.717, 1.165) is 24.7 Å². The summed E-state index contributed by atoms with van der Waals surface area (Å²) in [5.74, 6) is 0. The van der Waals surface area contributed by atoms with Crippen LogP contribution in [0.4, 0.5) is 0 Å². The highest BCUT2D eigenvalue weighted by molar-refractivity contribution is 6.48. The predicted octanol–water partition coefficient (Wildman–Crippen LogP) is 4.39. The van der Waals surface area contributed by atoms with Gasteiger partial charge in [0.25, 0.3) is 0 Å². The van der Waals surface area contributed by atoms with Crippen LogP contribution in [0.3, 0.4) is 0 Å². The first-order valence-electron chi connectivity index (χ1n) is 6.57. The molecule has 1 aliphatic rings. The average Bonchev–Trinajstić information content (AvgIpc) is 3.20. The topological polar surface area (TPSA) is 15.3 Å². The van der Waals surface area contributed by atoms with Crippen molar-refractivity contribution in [2.45, 2.75) is 31.8 Å². The molecule has 0 aliphatic heterocycles. The van der Waals surface area contributed by atoms with Crippen molar-refractivity contribution in [1.82, 2.24) is 10.2 Å². The van der Waals surface area contributed by atoms with E-state index >= 15 is 0 Å². The summed E-state index contributed by atoms with van der Waals surface area (Å²) in [5, 5.41) is 4.95. The highest BCUT2D eigenvalue weighted by Gasteiger charge is 2.25. The molecule has 2 rings (SSSR count). The molecule has 1 aromatic carbocycles. The summed E-state index contributed by atoms with van der Waals surface area (Å²) in [6, 6.07) is 4.68. The standard InChI is InChI=1S/C14H19Cl3N2/c1-9(18-7-8-19(2)10-3-4-10)11-5-6-12(15)14(17)13(11)16/h5-6,9-10,18H,3-4,7-8H2,1-2H3. The Balaban J connectivity index is 1.88. The quantitative estimate of drug-likeness (QED) is 0.782. The summed E-state index contributed by atoms with van der Waals surface area (Å²) in [4.78, 5) is 2.40. The number of nitrogens with one attached hydrogen (secondary N) is 1. The van der Waals surface area contributed by atoms with Gasteiger partial charge in [0.15, 0.2) is 0 Å². The zero-order valence-electron chi connectivity index (χ0n) is 11.2. The summed E-state index contributed by atoms with van der Waals surface area (Å²) in [6.07, 6.45) is 2.68. The zero-order chi connectivity index (χ0) is 14.0. The van der Waals surface area contributed by atoms with Gasteiger partial charge >= 0.3 is 0 Å². The normalized spacial score (nSPS) is 16.9. The molecule has 19 heavy (non-hydrogen) atoms. The Hall–Kier alpha value is 0.01000. The molecule has 106 valence electrons. The Labute approximate surface area is 130 Å². The van der Waals surface area contributed by atoms with Gasteiger partial charge in [0.2, 0.25) is 0 Å². The van der Waals surface area contributed by atoms with E-state index in [0.29, 0.717) is 15.1 Å². The molecule has 0 radical (unpaired) electrons. The predicted molar refractivity (Wildman–Crippen MR) is 83.5 cm³/mol. The zero-order valence-corrected chi connectivity index (χ0v) is 13.5. The molecular weight excluding hydrogens is 303 g/mol. The maximum atomic E-state index is 6.23. The molecule has 1 aliphatic carbocycles. The van der Waals surface area contributed by atoms with E-state index in [4.69, 9.17) is 34.8 Å². The first-order chi connectivity index (χ1) is 9.00. The second-order valence-corrected chi connectivity index (χ2v) is 6.32. The van der Waals surface area contributed by atoms with E-state index in [2.05, 4.69) is 24.2 Å². The Morgan fingerprint density at radius 3 is 2.58 bits per heavy atom. The summed E-state index contributed by atoms with van der Waals surface area (Å²) >= 11 is 18.2. The van der Waals surface area contributed by atoms with Crippen molar-refractivity contribution in [2.75, 3.05) is 20.1 Å². The lowest BCUT2D eigenvalue weighted by molar-refractivity contribution is 0.316. The molecule has 1 aromatic rings. The number of benzene rings is 1. The fraction of sp³-hybridized carbons (Fsp3) is 0.571. The van der Waals surface area contributed by atoms with Crippen LogP contribution in [0.15, 0.2) is 12.1 Å². The van der Waals surface area contributed by atoms with Crippen LogP contribution in [-0.4, -0.2) is 31.1 Å². The Bertz CT molecular complexity index is 447. The minimum Gasteiger partial charge on any atom is -0.309 e. The van der Waals surface area contributed by atoms with Gasteiger partial charge < -0.3 is 10.2 Å². The second kappa shape index (κ2) is 6.64. The summed E-state index contributed by atoms with van der Waals surface area (Å²) in [7, 11) is 2.18. The Kier molecular flexibility index (Phi) is 5.38. The van der Waals surface area contributed by atoms with Gasteiger partial charge in [-0.3, -0.25) is 0 Å². The lowest BCUT2D eigenvalue weighted by Crippen LogP contribution is -2.32. The van der Waals surface area contributed by atoms with Crippen molar-refractivity contribution < 1.29 is 0 Å². The highest BCUT2D eigenvalue weighted by atomic mass is 35.5. The third-order valence-corrected chi connectivity index (χ3v) is 4.93. The van der Waals surface area contributed by atoms with Crippen molar-refractivity contribution in [2.24, 2.45) is 0 Å². The minimum absolute atomic E-state index is 0.162. The summed E-state index contributed by atoms with van der Waals surface area (Å²) in [5.41, 5.74) is 0.991. The number of hydrogen-bond donors (Lipinski definition) is 1. The van der Waals surface area contributed by atoms with Gasteiger partial charge in [-0.1, -0.05) is 40.9 Å². The Morgan fingerprint density at radius 2 is 1.95 bits per heavy atom. The van der Waals surface area contributed by atoms with Crippen LogP contribution >= 0.6 is 34.8 Å². The largest absolute Gasteiger partial charge is 0.309 e. The van der Waals surface area contributed by atoms with Crippen molar-refractivity contribution >= 4 is 34.8 Å². The van der Waals surface area contributed by atoms with Crippen molar-refractivity contribution in [3.63, 3.8) is 0 Å². The lowest BCUT2D eigenvalue weighted by atomic mass is 10.1. The van der Waals surface area contributed by atoms with Crippen molar-refractivity contribution in [1.29, 1.82) is 0 Å². The average molecular weight is 322 g/mol. The maximum Gasteiger partial charge on any atom is 0.0781 e. The lowest BCUT2D eigenvalue weighted by Gasteiger charge is -2.20. The summed E-state index contributed by atoms with van der Waals surface area (Å²) in [6.45, 7) is 4.07. The van der Waals surface area contributed by atoms with E-state index in [1.165, 1.54) is 12.8 Å². The van der Waals surface area contributed by atoms with Crippen LogP contribution in [0.5, 0.6) is 0 Å². The fourth-order valence-corrected chi connectivity index (χ4v) is 2.85. The molecule has 0 amide bonds. The molecule has 0 saturated heterocycles. The fourth-order valence-electron chi connectivity index (χ4n) is 2.14. The number of halogens is 3. The Morgan fingerprint density at radius 1 is 1.26 bits per heavy atom. The van der Waals surface area contributed by atoms with Crippen molar-refractivity contribution in [3.05, 3.63) is 32.8 Å². The van der Waals surface area contributed by atoms with Gasteiger partial charge in [-0.05, 0) is 38.4 Å². The highest BCUT2D eigenvalue weighted by Crippen LogP contribution is 2.35. The first-order valence-corrected chi connectivity index (χ1v) is 7.71. The van der Waals surface area contributed by atoms with E-state index in [-0.39, 0.29) is 6.04 Å². The maximum absolute atomic E-state index is 6.23. The van der Waals surface area contributed by atoms with Gasteiger partial charge in [0, 0.05) is 25.2 Å². The van der Waals surface area contributed by atoms with E-state index in [1.807, 2.05) is 6.07 Å². The van der Waals surface area contributed by atoms with E-state index in [9.17, 15) is 0 Å². The number of hydrogen-bond acceptors (Lipinski definition) is 2. The van der Waals surface area contributed by atoms with Crippen LogP contribution in [0.1, 0.15) is 31.4 Å². The van der Waals surface area contributed by atoms with Crippen LogP contribution in [0, 0.1) is 0 Å². The molecule has 0 bridgehead atoms. The third kappa shape index (κ3) is 3.99. The molecule has 1 saturated carbocycles. The molecule has 1 fully saturated rings. The first kappa shape index (κ1) is 15.4. The third-order valence-electron chi connectivity index (χ3n) is 3.62. The van der Waals surface area contributed by atoms with Gasteiger partial charge in [0.1, 0.15) is 0 Å². The van der Waals surface area contributed by atoms with Gasteiger partial charge in [-0.25, -0.2) is 0 Å². The molecular formula is C14H19Cl3N2. The number of nitrogens with zero attached hydrogens (tertiary/aromatic N) is 1. The van der Waals surface area contributed by atoms with E-state index < -0.39 is 0 Å². The van der Waals surface area contributed by atoms with Crippen LogP contribution in [0.25, 0.3) is 0 Å². The molecule has 0 aromatic heterocycles. The smallest absolute Gasteiger partial charge is 0.0781 e. The number of likely N-dealkylation sites (N-methyl/N-ethyl adjacent to an activating group) is 1. The minimum atomic E-state index is 0.162. The van der Waals surface area contributed by atoms with Gasteiger partial charge in [-0.15, -0.1) is 0 Å². The molecule has 0 spiro atoms. The van der Waals surface area contributed by atoms with Crippen LogP contribution in [-0.2, 0) is 0 Å². The van der Waals surface area contributed by atoms with Crippen molar-refractivity contribution in [3.8, 4) is 0 Å². The van der Waals surface area contributed by atoms with Gasteiger partial charge in [-0.2, -0.15) is 0 Å². The van der Waals surface area contributed by atoms with Gasteiger partial charge in [0.05, 0.1) is 15.1 Å². The molecule has 0 heterocycles.